The molecule has 0 unspecified atom stereocenters. The molecular formula is C23H17N3O3S. The third-order valence-corrected chi connectivity index (χ3v) is 5.96. The van der Waals surface area contributed by atoms with E-state index in [4.69, 9.17) is 4.42 Å². The van der Waals surface area contributed by atoms with Gasteiger partial charge in [-0.1, -0.05) is 30.0 Å². The minimum Gasteiger partial charge on any atom is -0.461 e. The molecule has 0 saturated carbocycles. The van der Waals surface area contributed by atoms with Crippen LogP contribution >= 0.6 is 11.8 Å². The van der Waals surface area contributed by atoms with Crippen molar-refractivity contribution >= 4 is 40.0 Å². The van der Waals surface area contributed by atoms with Gasteiger partial charge in [0.15, 0.2) is 17.4 Å². The number of fused-ring (bicyclic) bond motifs is 2. The second kappa shape index (κ2) is 7.76. The summed E-state index contributed by atoms with van der Waals surface area (Å²) in [7, 11) is 0. The Morgan fingerprint density at radius 3 is 2.83 bits per heavy atom. The van der Waals surface area contributed by atoms with Crippen LogP contribution in [-0.2, 0) is 11.2 Å². The van der Waals surface area contributed by atoms with Crippen molar-refractivity contribution in [3.63, 3.8) is 0 Å². The lowest BCUT2D eigenvalue weighted by atomic mass is 9.99. The normalized spacial score (nSPS) is 13.1. The molecule has 1 amide bonds. The first-order valence-corrected chi connectivity index (χ1v) is 10.6. The number of Topliss-reactive ketones (excluding diaryl/α,β-unsaturated/α-hetero) is 1. The zero-order valence-electron chi connectivity index (χ0n) is 15.9. The van der Waals surface area contributed by atoms with Crippen LogP contribution in [0.3, 0.4) is 0 Å². The highest BCUT2D eigenvalue weighted by atomic mass is 32.2. The van der Waals surface area contributed by atoms with Crippen LogP contribution in [-0.4, -0.2) is 27.4 Å². The van der Waals surface area contributed by atoms with Gasteiger partial charge in [0.2, 0.25) is 5.91 Å². The second-order valence-electron chi connectivity index (χ2n) is 6.98. The lowest BCUT2D eigenvalue weighted by molar-refractivity contribution is -0.116. The fourth-order valence-corrected chi connectivity index (χ4v) is 4.36. The Kier molecular flexibility index (Phi) is 4.80. The molecule has 0 bridgehead atoms. The number of carbonyl (C=O) groups excluding carboxylic acids is 2. The van der Waals surface area contributed by atoms with Crippen molar-refractivity contribution in [2.24, 2.45) is 0 Å². The van der Waals surface area contributed by atoms with E-state index in [-0.39, 0.29) is 17.4 Å². The number of ketones is 1. The van der Waals surface area contributed by atoms with Gasteiger partial charge in [0, 0.05) is 23.1 Å². The van der Waals surface area contributed by atoms with E-state index in [0.717, 1.165) is 27.2 Å². The van der Waals surface area contributed by atoms with Crippen LogP contribution in [0.5, 0.6) is 0 Å². The van der Waals surface area contributed by atoms with Crippen molar-refractivity contribution < 1.29 is 14.0 Å². The number of aromatic nitrogens is 2. The van der Waals surface area contributed by atoms with Crippen molar-refractivity contribution in [3.8, 4) is 11.6 Å². The van der Waals surface area contributed by atoms with Crippen molar-refractivity contribution in [2.75, 3.05) is 11.1 Å². The first-order chi connectivity index (χ1) is 14.7. The molecule has 30 heavy (non-hydrogen) atoms. The largest absolute Gasteiger partial charge is 0.461 e. The standard InChI is InChI=1S/C23H17N3O3S/c27-19(15-7-9-17-14(12-15)8-10-21(28)24-17)13-30-23-16-4-1-2-5-18(16)25-22(26-23)20-6-3-11-29-20/h1-7,9,11-12H,8,10,13H2,(H,24,28). The van der Waals surface area contributed by atoms with Gasteiger partial charge in [-0.05, 0) is 48.4 Å². The molecule has 0 radical (unpaired) electrons. The number of carbonyl (C=O) groups is 2. The molecule has 1 aliphatic rings. The van der Waals surface area contributed by atoms with Gasteiger partial charge in [0.1, 0.15) is 5.03 Å². The van der Waals surface area contributed by atoms with Crippen LogP contribution < -0.4 is 5.32 Å². The highest BCUT2D eigenvalue weighted by molar-refractivity contribution is 8.00. The maximum atomic E-state index is 12.8. The topological polar surface area (TPSA) is 85.1 Å². The van der Waals surface area contributed by atoms with E-state index >= 15 is 0 Å². The molecule has 2 aromatic heterocycles. The van der Waals surface area contributed by atoms with E-state index in [0.29, 0.717) is 30.0 Å². The van der Waals surface area contributed by atoms with Gasteiger partial charge >= 0.3 is 0 Å². The summed E-state index contributed by atoms with van der Waals surface area (Å²) < 4.78 is 5.45. The van der Waals surface area contributed by atoms with Crippen LogP contribution in [0.4, 0.5) is 5.69 Å². The molecule has 1 N–H and O–H groups in total. The number of nitrogens with zero attached hydrogens (tertiary/aromatic N) is 2. The molecule has 0 spiro atoms. The second-order valence-corrected chi connectivity index (χ2v) is 7.94. The number of furan rings is 1. The zero-order chi connectivity index (χ0) is 20.5. The van der Waals surface area contributed by atoms with Gasteiger partial charge < -0.3 is 9.73 Å². The number of anilines is 1. The Morgan fingerprint density at radius 1 is 1.07 bits per heavy atom. The molecule has 1 aliphatic heterocycles. The van der Waals surface area contributed by atoms with Crippen molar-refractivity contribution in [3.05, 3.63) is 72.0 Å². The summed E-state index contributed by atoms with van der Waals surface area (Å²) in [5, 5.41) is 4.49. The lowest BCUT2D eigenvalue weighted by Crippen LogP contribution is -2.19. The molecule has 5 rings (SSSR count). The molecule has 2 aromatic carbocycles. The van der Waals surface area contributed by atoms with Crippen LogP contribution in [0, 0.1) is 0 Å². The molecule has 0 aliphatic carbocycles. The van der Waals surface area contributed by atoms with Crippen LogP contribution in [0.2, 0.25) is 0 Å². The predicted octanol–water partition coefficient (Wildman–Crippen LogP) is 4.75. The number of amides is 1. The number of aryl methyl sites for hydroxylation is 1. The molecule has 0 fully saturated rings. The smallest absolute Gasteiger partial charge is 0.224 e. The molecule has 0 saturated heterocycles. The number of nitrogens with one attached hydrogen (secondary N) is 1. The molecule has 3 heterocycles. The quantitative estimate of drug-likeness (QED) is 0.288. The predicted molar refractivity (Wildman–Crippen MR) is 116 cm³/mol. The maximum Gasteiger partial charge on any atom is 0.224 e. The summed E-state index contributed by atoms with van der Waals surface area (Å²) in [5.74, 6) is 1.37. The summed E-state index contributed by atoms with van der Waals surface area (Å²) in [5.41, 5.74) is 3.23. The third-order valence-electron chi connectivity index (χ3n) is 4.97. The minimum absolute atomic E-state index is 0.0140. The zero-order valence-corrected chi connectivity index (χ0v) is 16.7. The summed E-state index contributed by atoms with van der Waals surface area (Å²) >= 11 is 1.39. The average Bonchev–Trinajstić information content (AvgIpc) is 3.31. The van der Waals surface area contributed by atoms with E-state index < -0.39 is 0 Å². The Hall–Kier alpha value is -3.45. The van der Waals surface area contributed by atoms with E-state index in [1.165, 1.54) is 11.8 Å². The van der Waals surface area contributed by atoms with Crippen molar-refractivity contribution in [2.45, 2.75) is 17.9 Å². The number of thioether (sulfide) groups is 1. The molecule has 0 atom stereocenters. The highest BCUT2D eigenvalue weighted by Crippen LogP contribution is 2.30. The number of hydrogen-bond acceptors (Lipinski definition) is 6. The minimum atomic E-state index is 0.0140. The van der Waals surface area contributed by atoms with E-state index in [1.54, 1.807) is 24.5 Å². The van der Waals surface area contributed by atoms with Crippen molar-refractivity contribution in [1.29, 1.82) is 0 Å². The van der Waals surface area contributed by atoms with E-state index in [1.807, 2.05) is 36.4 Å². The summed E-state index contributed by atoms with van der Waals surface area (Å²) in [6.07, 6.45) is 2.68. The van der Waals surface area contributed by atoms with Crippen molar-refractivity contribution in [1.82, 2.24) is 9.97 Å². The first kappa shape index (κ1) is 18.6. The number of hydrogen-bond donors (Lipinski definition) is 1. The van der Waals surface area contributed by atoms with E-state index in [9.17, 15) is 9.59 Å². The van der Waals surface area contributed by atoms with Gasteiger partial charge in [0.25, 0.3) is 0 Å². The lowest BCUT2D eigenvalue weighted by Gasteiger charge is -2.17. The number of rotatable bonds is 5. The molecule has 4 aromatic rings. The molecular weight excluding hydrogens is 398 g/mol. The van der Waals surface area contributed by atoms with Crippen LogP contribution in [0.15, 0.2) is 70.3 Å². The Morgan fingerprint density at radius 2 is 1.97 bits per heavy atom. The van der Waals surface area contributed by atoms with Gasteiger partial charge in [-0.25, -0.2) is 9.97 Å². The van der Waals surface area contributed by atoms with Gasteiger partial charge in [-0.2, -0.15) is 0 Å². The monoisotopic (exact) mass is 415 g/mol. The average molecular weight is 415 g/mol. The Labute approximate surface area is 176 Å². The fraction of sp³-hybridized carbons (Fsp3) is 0.130. The van der Waals surface area contributed by atoms with E-state index in [2.05, 4.69) is 15.3 Å². The molecule has 6 nitrogen and oxygen atoms in total. The maximum absolute atomic E-state index is 12.8. The van der Waals surface area contributed by atoms with Gasteiger partial charge in [0.05, 0.1) is 17.5 Å². The summed E-state index contributed by atoms with van der Waals surface area (Å²) in [6, 6.07) is 16.8. The first-order valence-electron chi connectivity index (χ1n) is 9.57. The molecule has 148 valence electrons. The van der Waals surface area contributed by atoms with Crippen LogP contribution in [0.25, 0.3) is 22.5 Å². The Balaban J connectivity index is 1.41. The highest BCUT2D eigenvalue weighted by Gasteiger charge is 2.18. The third kappa shape index (κ3) is 3.59. The van der Waals surface area contributed by atoms with Gasteiger partial charge in [-0.15, -0.1) is 0 Å². The Bertz CT molecular complexity index is 1270. The SMILES string of the molecule is O=C1CCc2cc(C(=O)CSc3nc(-c4ccco4)nc4ccccc34)ccc2N1. The number of benzene rings is 2. The van der Waals surface area contributed by atoms with Crippen LogP contribution in [0.1, 0.15) is 22.3 Å². The number of para-hydroxylation sites is 1. The summed E-state index contributed by atoms with van der Waals surface area (Å²) in [6.45, 7) is 0. The molecule has 7 heteroatoms. The fourth-order valence-electron chi connectivity index (χ4n) is 3.45. The van der Waals surface area contributed by atoms with Gasteiger partial charge in [-0.3, -0.25) is 9.59 Å². The summed E-state index contributed by atoms with van der Waals surface area (Å²) in [4.78, 5) is 33.6.